The molecule has 1 aliphatic carbocycles. The van der Waals surface area contributed by atoms with Gasteiger partial charge < -0.3 is 5.32 Å². The van der Waals surface area contributed by atoms with E-state index < -0.39 is 0 Å². The van der Waals surface area contributed by atoms with Gasteiger partial charge in [-0.05, 0) is 50.0 Å². The van der Waals surface area contributed by atoms with Crippen molar-refractivity contribution in [2.45, 2.75) is 52.5 Å². The van der Waals surface area contributed by atoms with E-state index in [1.807, 2.05) is 6.20 Å². The molecule has 2 rings (SSSR count). The van der Waals surface area contributed by atoms with Gasteiger partial charge in [-0.1, -0.05) is 20.8 Å². The van der Waals surface area contributed by atoms with E-state index in [0.717, 1.165) is 30.5 Å². The third kappa shape index (κ3) is 3.31. The lowest BCUT2D eigenvalue weighted by Crippen LogP contribution is -2.34. The van der Waals surface area contributed by atoms with Crippen LogP contribution < -0.4 is 5.32 Å². The minimum absolute atomic E-state index is 0.369. The first kappa shape index (κ1) is 13.5. The molecule has 0 aliphatic heterocycles. The molecule has 2 N–H and O–H groups in total. The van der Waals surface area contributed by atoms with Gasteiger partial charge >= 0.3 is 0 Å². The van der Waals surface area contributed by atoms with Crippen molar-refractivity contribution in [1.82, 2.24) is 20.7 Å². The molecule has 18 heavy (non-hydrogen) atoms. The first-order valence-corrected chi connectivity index (χ1v) is 7.29. The molecule has 4 nitrogen and oxygen atoms in total. The van der Waals surface area contributed by atoms with Gasteiger partial charge in [0.05, 0.1) is 17.9 Å². The van der Waals surface area contributed by atoms with Gasteiger partial charge in [-0.2, -0.15) is 15.4 Å². The average molecular weight is 250 g/mol. The Labute approximate surface area is 110 Å². The molecule has 3 unspecified atom stereocenters. The summed E-state index contributed by atoms with van der Waals surface area (Å²) in [7, 11) is 0. The highest BCUT2D eigenvalue weighted by Crippen LogP contribution is 2.39. The summed E-state index contributed by atoms with van der Waals surface area (Å²) < 4.78 is 0. The summed E-state index contributed by atoms with van der Waals surface area (Å²) in [5.74, 6) is 2.36. The van der Waals surface area contributed by atoms with Crippen LogP contribution in [0.1, 0.15) is 58.2 Å². The molecule has 1 saturated carbocycles. The van der Waals surface area contributed by atoms with Crippen LogP contribution in [0.2, 0.25) is 0 Å². The third-order valence-electron chi connectivity index (χ3n) is 4.05. The first-order chi connectivity index (χ1) is 8.70. The monoisotopic (exact) mass is 250 g/mol. The lowest BCUT2D eigenvalue weighted by atomic mass is 9.73. The Hall–Kier alpha value is -0.900. The zero-order chi connectivity index (χ0) is 13.0. The molecule has 1 aliphatic rings. The fourth-order valence-electron chi connectivity index (χ4n) is 3.45. The van der Waals surface area contributed by atoms with E-state index in [9.17, 15) is 0 Å². The Morgan fingerprint density at radius 1 is 1.33 bits per heavy atom. The maximum atomic E-state index is 4.30. The van der Waals surface area contributed by atoms with Crippen molar-refractivity contribution in [3.63, 3.8) is 0 Å². The summed E-state index contributed by atoms with van der Waals surface area (Å²) in [6.45, 7) is 8.01. The van der Waals surface area contributed by atoms with Crippen LogP contribution in [0.4, 0.5) is 0 Å². The summed E-state index contributed by atoms with van der Waals surface area (Å²) >= 11 is 0. The smallest absolute Gasteiger partial charge is 0.0996 e. The van der Waals surface area contributed by atoms with E-state index in [0.29, 0.717) is 12.0 Å². The van der Waals surface area contributed by atoms with Crippen molar-refractivity contribution in [3.8, 4) is 0 Å². The molecule has 0 saturated heterocycles. The molecule has 1 fully saturated rings. The molecule has 102 valence electrons. The van der Waals surface area contributed by atoms with Crippen LogP contribution >= 0.6 is 0 Å². The van der Waals surface area contributed by atoms with Crippen molar-refractivity contribution in [3.05, 3.63) is 11.9 Å². The van der Waals surface area contributed by atoms with Crippen molar-refractivity contribution in [2.75, 3.05) is 6.54 Å². The SMILES string of the molecule is CCCNC(c1cn[nH]n1)C1CC(C)CC(C)C1. The number of H-pyrrole nitrogens is 1. The number of rotatable bonds is 5. The molecule has 1 heterocycles. The van der Waals surface area contributed by atoms with Gasteiger partial charge in [0.2, 0.25) is 0 Å². The molecule has 0 aromatic carbocycles. The lowest BCUT2D eigenvalue weighted by molar-refractivity contribution is 0.174. The number of hydrogen-bond acceptors (Lipinski definition) is 3. The van der Waals surface area contributed by atoms with Gasteiger partial charge in [0.1, 0.15) is 0 Å². The summed E-state index contributed by atoms with van der Waals surface area (Å²) in [6.07, 6.45) is 7.01. The van der Waals surface area contributed by atoms with Crippen molar-refractivity contribution >= 4 is 0 Å². The standard InChI is InChI=1S/C14H26N4/c1-4-5-15-14(13-9-16-18-17-13)12-7-10(2)6-11(3)8-12/h9-12,14-15H,4-8H2,1-3H3,(H,16,17,18). The zero-order valence-corrected chi connectivity index (χ0v) is 11.8. The van der Waals surface area contributed by atoms with E-state index in [2.05, 4.69) is 41.5 Å². The van der Waals surface area contributed by atoms with Gasteiger partial charge in [-0.15, -0.1) is 0 Å². The van der Waals surface area contributed by atoms with E-state index in [1.165, 1.54) is 19.3 Å². The van der Waals surface area contributed by atoms with Crippen LogP contribution in [0.5, 0.6) is 0 Å². The molecule has 4 heteroatoms. The minimum Gasteiger partial charge on any atom is -0.308 e. The van der Waals surface area contributed by atoms with Crippen LogP contribution in [0, 0.1) is 17.8 Å². The van der Waals surface area contributed by atoms with Crippen molar-refractivity contribution in [1.29, 1.82) is 0 Å². The van der Waals surface area contributed by atoms with Crippen LogP contribution in [-0.4, -0.2) is 22.0 Å². The van der Waals surface area contributed by atoms with Gasteiger partial charge in [0.15, 0.2) is 0 Å². The largest absolute Gasteiger partial charge is 0.308 e. The lowest BCUT2D eigenvalue weighted by Gasteiger charge is -2.36. The topological polar surface area (TPSA) is 53.6 Å². The highest BCUT2D eigenvalue weighted by molar-refractivity contribution is 5.03. The van der Waals surface area contributed by atoms with Crippen LogP contribution in [0.3, 0.4) is 0 Å². The third-order valence-corrected chi connectivity index (χ3v) is 4.05. The Balaban J connectivity index is 2.07. The van der Waals surface area contributed by atoms with E-state index in [1.54, 1.807) is 0 Å². The molecular formula is C14H26N4. The first-order valence-electron chi connectivity index (χ1n) is 7.29. The number of hydrogen-bond donors (Lipinski definition) is 2. The van der Waals surface area contributed by atoms with Gasteiger partial charge in [-0.3, -0.25) is 0 Å². The van der Waals surface area contributed by atoms with Crippen molar-refractivity contribution in [2.24, 2.45) is 17.8 Å². The number of nitrogens with zero attached hydrogens (tertiary/aromatic N) is 2. The Morgan fingerprint density at radius 3 is 2.61 bits per heavy atom. The molecule has 1 aromatic rings. The molecule has 0 amide bonds. The second-order valence-electron chi connectivity index (χ2n) is 6.00. The van der Waals surface area contributed by atoms with Gasteiger partial charge in [0.25, 0.3) is 0 Å². The summed E-state index contributed by atoms with van der Waals surface area (Å²) in [4.78, 5) is 0. The fourth-order valence-corrected chi connectivity index (χ4v) is 3.45. The minimum atomic E-state index is 0.369. The maximum Gasteiger partial charge on any atom is 0.0996 e. The molecule has 3 atom stereocenters. The average Bonchev–Trinajstić information content (AvgIpc) is 2.82. The summed E-state index contributed by atoms with van der Waals surface area (Å²) in [6, 6.07) is 0.369. The molecule has 1 aromatic heterocycles. The van der Waals surface area contributed by atoms with Crippen LogP contribution in [0.25, 0.3) is 0 Å². The number of aromatic amines is 1. The zero-order valence-electron chi connectivity index (χ0n) is 11.8. The van der Waals surface area contributed by atoms with E-state index >= 15 is 0 Å². The molecule has 0 spiro atoms. The summed E-state index contributed by atoms with van der Waals surface area (Å²) in [5, 5.41) is 14.7. The fraction of sp³-hybridized carbons (Fsp3) is 0.857. The maximum absolute atomic E-state index is 4.30. The Bertz CT molecular complexity index is 326. The van der Waals surface area contributed by atoms with E-state index in [4.69, 9.17) is 0 Å². The van der Waals surface area contributed by atoms with Crippen LogP contribution in [0.15, 0.2) is 6.20 Å². The van der Waals surface area contributed by atoms with Crippen LogP contribution in [-0.2, 0) is 0 Å². The van der Waals surface area contributed by atoms with E-state index in [-0.39, 0.29) is 0 Å². The molecule has 0 radical (unpaired) electrons. The number of aromatic nitrogens is 3. The second-order valence-corrected chi connectivity index (χ2v) is 6.00. The Morgan fingerprint density at radius 2 is 2.06 bits per heavy atom. The molecule has 0 bridgehead atoms. The van der Waals surface area contributed by atoms with Gasteiger partial charge in [0, 0.05) is 0 Å². The summed E-state index contributed by atoms with van der Waals surface area (Å²) in [5.41, 5.74) is 1.08. The highest BCUT2D eigenvalue weighted by Gasteiger charge is 2.31. The second kappa shape index (κ2) is 6.32. The number of nitrogens with one attached hydrogen (secondary N) is 2. The van der Waals surface area contributed by atoms with Crippen molar-refractivity contribution < 1.29 is 0 Å². The van der Waals surface area contributed by atoms with Gasteiger partial charge in [-0.25, -0.2) is 0 Å². The molecular weight excluding hydrogens is 224 g/mol. The predicted octanol–water partition coefficient (Wildman–Crippen LogP) is 2.92. The highest BCUT2D eigenvalue weighted by atomic mass is 15.3. The quantitative estimate of drug-likeness (QED) is 0.845. The predicted molar refractivity (Wildman–Crippen MR) is 73.1 cm³/mol. The Kier molecular flexibility index (Phi) is 4.75. The normalized spacial score (nSPS) is 30.3.